The van der Waals surface area contributed by atoms with Crippen molar-refractivity contribution in [2.75, 3.05) is 37.6 Å². The summed E-state index contributed by atoms with van der Waals surface area (Å²) in [6, 6.07) is 8.26. The summed E-state index contributed by atoms with van der Waals surface area (Å²) in [5.41, 5.74) is 0.893. The maximum Gasteiger partial charge on any atom is 0.153 e. The molecule has 0 spiro atoms. The predicted octanol–water partition coefficient (Wildman–Crippen LogP) is 2.95. The minimum atomic E-state index is 0.469. The van der Waals surface area contributed by atoms with Gasteiger partial charge >= 0.3 is 0 Å². The van der Waals surface area contributed by atoms with Gasteiger partial charge in [0.25, 0.3) is 0 Å². The molecule has 0 amide bonds. The van der Waals surface area contributed by atoms with Crippen LogP contribution in [0.25, 0.3) is 5.65 Å². The van der Waals surface area contributed by atoms with Gasteiger partial charge in [-0.25, -0.2) is 9.50 Å². The van der Waals surface area contributed by atoms with Gasteiger partial charge in [0.1, 0.15) is 17.3 Å². The van der Waals surface area contributed by atoms with Crippen molar-refractivity contribution in [3.63, 3.8) is 0 Å². The summed E-state index contributed by atoms with van der Waals surface area (Å²) >= 11 is 0. The van der Waals surface area contributed by atoms with E-state index in [1.165, 1.54) is 0 Å². The summed E-state index contributed by atoms with van der Waals surface area (Å²) < 4.78 is 7.59. The van der Waals surface area contributed by atoms with Gasteiger partial charge in [0, 0.05) is 44.5 Å². The zero-order valence-electron chi connectivity index (χ0n) is 14.9. The monoisotopic (exact) mass is 339 g/mol. The molecule has 1 atom stereocenters. The second-order valence-electron chi connectivity index (χ2n) is 6.89. The van der Waals surface area contributed by atoms with Gasteiger partial charge in [0.2, 0.25) is 0 Å². The lowest BCUT2D eigenvalue weighted by Gasteiger charge is -2.35. The first-order valence-electron chi connectivity index (χ1n) is 9.03. The number of rotatable bonds is 5. The number of aryl methyl sites for hydroxylation is 1. The van der Waals surface area contributed by atoms with Crippen molar-refractivity contribution in [1.82, 2.24) is 19.5 Å². The molecule has 6 heteroatoms. The molecule has 0 saturated carbocycles. The van der Waals surface area contributed by atoms with Crippen molar-refractivity contribution in [1.29, 1.82) is 0 Å². The van der Waals surface area contributed by atoms with Crippen LogP contribution in [0.15, 0.2) is 41.1 Å². The van der Waals surface area contributed by atoms with Gasteiger partial charge < -0.3 is 9.32 Å². The van der Waals surface area contributed by atoms with Crippen molar-refractivity contribution < 1.29 is 4.42 Å². The molecule has 4 heterocycles. The highest BCUT2D eigenvalue weighted by Crippen LogP contribution is 2.22. The average Bonchev–Trinajstić information content (AvgIpc) is 3.28. The summed E-state index contributed by atoms with van der Waals surface area (Å²) in [4.78, 5) is 9.15. The maximum atomic E-state index is 5.75. The van der Waals surface area contributed by atoms with E-state index in [2.05, 4.69) is 45.0 Å². The predicted molar refractivity (Wildman–Crippen MR) is 98.1 cm³/mol. The average molecular weight is 339 g/mol. The molecule has 1 aliphatic rings. The van der Waals surface area contributed by atoms with Crippen LogP contribution in [0.3, 0.4) is 0 Å². The number of imidazole rings is 1. The third-order valence-corrected chi connectivity index (χ3v) is 5.06. The lowest BCUT2D eigenvalue weighted by Crippen LogP contribution is -2.47. The van der Waals surface area contributed by atoms with Crippen LogP contribution in [0.5, 0.6) is 0 Å². The Morgan fingerprint density at radius 3 is 2.72 bits per heavy atom. The molecule has 0 bridgehead atoms. The topological polar surface area (TPSA) is 49.8 Å². The molecule has 6 nitrogen and oxygen atoms in total. The van der Waals surface area contributed by atoms with E-state index < -0.39 is 0 Å². The number of nitrogens with zero attached hydrogens (tertiary/aromatic N) is 5. The Morgan fingerprint density at radius 2 is 1.96 bits per heavy atom. The van der Waals surface area contributed by atoms with Gasteiger partial charge in [0.15, 0.2) is 5.65 Å². The molecule has 132 valence electrons. The van der Waals surface area contributed by atoms with Crippen LogP contribution in [0.2, 0.25) is 0 Å². The molecule has 0 N–H and O–H groups in total. The van der Waals surface area contributed by atoms with E-state index in [0.717, 1.165) is 62.1 Å². The Morgan fingerprint density at radius 1 is 1.12 bits per heavy atom. The fraction of sp³-hybridized carbons (Fsp3) is 0.474. The van der Waals surface area contributed by atoms with Gasteiger partial charge in [-0.15, -0.1) is 5.10 Å². The smallest absolute Gasteiger partial charge is 0.153 e. The Hall–Kier alpha value is -2.34. The fourth-order valence-corrected chi connectivity index (χ4v) is 3.41. The molecule has 0 unspecified atom stereocenters. The van der Waals surface area contributed by atoms with E-state index in [1.54, 1.807) is 6.20 Å². The first kappa shape index (κ1) is 16.1. The minimum Gasteiger partial charge on any atom is -0.466 e. The lowest BCUT2D eigenvalue weighted by atomic mass is 10.0. The van der Waals surface area contributed by atoms with Crippen LogP contribution < -0.4 is 4.90 Å². The molecular weight excluding hydrogens is 314 g/mol. The largest absolute Gasteiger partial charge is 0.466 e. The summed E-state index contributed by atoms with van der Waals surface area (Å²) in [5, 5.41) is 4.65. The van der Waals surface area contributed by atoms with Crippen LogP contribution in [0.1, 0.15) is 30.8 Å². The summed E-state index contributed by atoms with van der Waals surface area (Å²) in [7, 11) is 0. The number of hydrogen-bond acceptors (Lipinski definition) is 5. The Labute approximate surface area is 148 Å². The third-order valence-electron chi connectivity index (χ3n) is 5.06. The second kappa shape index (κ2) is 6.88. The number of furan rings is 1. The van der Waals surface area contributed by atoms with Crippen molar-refractivity contribution in [2.24, 2.45) is 0 Å². The Bertz CT molecular complexity index is 831. The van der Waals surface area contributed by atoms with E-state index in [-0.39, 0.29) is 0 Å². The summed E-state index contributed by atoms with van der Waals surface area (Å²) in [5.74, 6) is 3.61. The molecule has 1 fully saturated rings. The van der Waals surface area contributed by atoms with E-state index in [4.69, 9.17) is 4.42 Å². The zero-order chi connectivity index (χ0) is 17.2. The van der Waals surface area contributed by atoms with Gasteiger partial charge in [-0.3, -0.25) is 4.90 Å². The number of fused-ring (bicyclic) bond motifs is 1. The van der Waals surface area contributed by atoms with Gasteiger partial charge in [-0.1, -0.05) is 6.92 Å². The Kier molecular flexibility index (Phi) is 4.44. The second-order valence-corrected chi connectivity index (χ2v) is 6.89. The number of piperazine rings is 1. The highest BCUT2D eigenvalue weighted by Gasteiger charge is 2.19. The molecule has 0 aliphatic carbocycles. The fourth-order valence-electron chi connectivity index (χ4n) is 3.41. The highest BCUT2D eigenvalue weighted by molar-refractivity contribution is 5.46. The van der Waals surface area contributed by atoms with Crippen molar-refractivity contribution in [3.8, 4) is 0 Å². The number of aromatic nitrogens is 3. The van der Waals surface area contributed by atoms with Crippen LogP contribution in [0.4, 0.5) is 5.82 Å². The standard InChI is InChI=1S/C19H25N5O/c1-15(17-4-3-16(2)25-17)7-9-22-11-13-23(14-12-22)19-6-5-18-20-8-10-24(18)21-19/h3-6,8,10,15H,7,9,11-14H2,1-2H3/t15-/m0/s1. The maximum absolute atomic E-state index is 5.75. The minimum absolute atomic E-state index is 0.469. The van der Waals surface area contributed by atoms with Gasteiger partial charge in [0.05, 0.1) is 0 Å². The first-order valence-corrected chi connectivity index (χ1v) is 9.03. The molecule has 3 aromatic rings. The zero-order valence-corrected chi connectivity index (χ0v) is 14.9. The molecule has 0 aromatic carbocycles. The molecule has 0 radical (unpaired) electrons. The molecule has 3 aromatic heterocycles. The van der Waals surface area contributed by atoms with Crippen LogP contribution in [-0.2, 0) is 0 Å². The van der Waals surface area contributed by atoms with E-state index in [9.17, 15) is 0 Å². The molecule has 25 heavy (non-hydrogen) atoms. The molecule has 1 aliphatic heterocycles. The molecule has 4 rings (SSSR count). The van der Waals surface area contributed by atoms with E-state index in [1.807, 2.05) is 23.7 Å². The van der Waals surface area contributed by atoms with Gasteiger partial charge in [-0.05, 0) is 44.2 Å². The lowest BCUT2D eigenvalue weighted by molar-refractivity contribution is 0.245. The normalized spacial score (nSPS) is 17.3. The summed E-state index contributed by atoms with van der Waals surface area (Å²) in [6.07, 6.45) is 4.81. The quantitative estimate of drug-likeness (QED) is 0.715. The Balaban J connectivity index is 1.29. The van der Waals surface area contributed by atoms with Gasteiger partial charge in [-0.2, -0.15) is 0 Å². The van der Waals surface area contributed by atoms with E-state index in [0.29, 0.717) is 5.92 Å². The van der Waals surface area contributed by atoms with Crippen molar-refractivity contribution in [3.05, 3.63) is 48.2 Å². The van der Waals surface area contributed by atoms with Crippen LogP contribution in [-0.4, -0.2) is 52.2 Å². The van der Waals surface area contributed by atoms with Crippen molar-refractivity contribution >= 4 is 11.5 Å². The van der Waals surface area contributed by atoms with Crippen LogP contribution >= 0.6 is 0 Å². The highest BCUT2D eigenvalue weighted by atomic mass is 16.3. The van der Waals surface area contributed by atoms with Crippen molar-refractivity contribution in [2.45, 2.75) is 26.2 Å². The van der Waals surface area contributed by atoms with Crippen LogP contribution in [0, 0.1) is 6.92 Å². The number of anilines is 1. The molecular formula is C19H25N5O. The SMILES string of the molecule is Cc1ccc([C@@H](C)CCN2CCN(c3ccc4nccn4n3)CC2)o1. The summed E-state index contributed by atoms with van der Waals surface area (Å²) in [6.45, 7) is 9.55. The molecule has 1 saturated heterocycles. The third kappa shape index (κ3) is 3.54. The number of hydrogen-bond donors (Lipinski definition) is 0. The first-order chi connectivity index (χ1) is 12.2. The van der Waals surface area contributed by atoms with E-state index >= 15 is 0 Å².